The number of hydrogen-bond donors (Lipinski definition) is 1. The molecule has 1 saturated heterocycles. The van der Waals surface area contributed by atoms with Crippen molar-refractivity contribution in [1.82, 2.24) is 10.2 Å². The summed E-state index contributed by atoms with van der Waals surface area (Å²) < 4.78 is 0. The third kappa shape index (κ3) is 4.55. The van der Waals surface area contributed by atoms with Gasteiger partial charge in [-0.05, 0) is 45.4 Å². The molecular formula is C16H34N2. The zero-order valence-corrected chi connectivity index (χ0v) is 13.4. The topological polar surface area (TPSA) is 15.3 Å². The van der Waals surface area contributed by atoms with Crippen molar-refractivity contribution in [2.75, 3.05) is 13.1 Å². The molecule has 18 heavy (non-hydrogen) atoms. The van der Waals surface area contributed by atoms with Crippen LogP contribution >= 0.6 is 0 Å². The highest BCUT2D eigenvalue weighted by atomic mass is 15.2. The Morgan fingerprint density at radius 3 is 2.50 bits per heavy atom. The van der Waals surface area contributed by atoms with Crippen LogP contribution < -0.4 is 5.32 Å². The number of hydrogen-bond acceptors (Lipinski definition) is 2. The molecule has 0 amide bonds. The van der Waals surface area contributed by atoms with Gasteiger partial charge in [-0.1, -0.05) is 27.2 Å². The Bertz CT molecular complexity index is 229. The van der Waals surface area contributed by atoms with Crippen LogP contribution in [-0.4, -0.2) is 36.1 Å². The summed E-state index contributed by atoms with van der Waals surface area (Å²) in [7, 11) is 0. The minimum atomic E-state index is 0.657. The quantitative estimate of drug-likeness (QED) is 0.780. The van der Waals surface area contributed by atoms with E-state index >= 15 is 0 Å². The molecule has 1 rings (SSSR count). The van der Waals surface area contributed by atoms with E-state index in [-0.39, 0.29) is 0 Å². The summed E-state index contributed by atoms with van der Waals surface area (Å²) in [5, 5.41) is 3.69. The van der Waals surface area contributed by atoms with E-state index in [0.29, 0.717) is 12.1 Å². The summed E-state index contributed by atoms with van der Waals surface area (Å²) in [6, 6.07) is 2.05. The van der Waals surface area contributed by atoms with Crippen molar-refractivity contribution in [2.45, 2.75) is 78.9 Å². The SMILES string of the molecule is CCCC(C)NCC(C)N1CC(C)CC(C)C1C. The molecule has 0 radical (unpaired) electrons. The molecule has 2 nitrogen and oxygen atoms in total. The average Bonchev–Trinajstić information content (AvgIpc) is 2.31. The van der Waals surface area contributed by atoms with Gasteiger partial charge in [-0.3, -0.25) is 4.90 Å². The lowest BCUT2D eigenvalue weighted by Gasteiger charge is -2.44. The Kier molecular flexibility index (Phi) is 6.65. The Balaban J connectivity index is 2.41. The minimum absolute atomic E-state index is 0.657. The van der Waals surface area contributed by atoms with Gasteiger partial charge in [0.05, 0.1) is 0 Å². The van der Waals surface area contributed by atoms with Crippen molar-refractivity contribution in [3.8, 4) is 0 Å². The Morgan fingerprint density at radius 1 is 1.22 bits per heavy atom. The summed E-state index contributed by atoms with van der Waals surface area (Å²) in [5.74, 6) is 1.69. The van der Waals surface area contributed by atoms with E-state index in [1.54, 1.807) is 0 Å². The van der Waals surface area contributed by atoms with Gasteiger partial charge in [-0.2, -0.15) is 0 Å². The molecule has 1 aliphatic heterocycles. The van der Waals surface area contributed by atoms with E-state index in [1.807, 2.05) is 0 Å². The molecule has 108 valence electrons. The van der Waals surface area contributed by atoms with Gasteiger partial charge in [-0.15, -0.1) is 0 Å². The van der Waals surface area contributed by atoms with Crippen LogP contribution in [0.25, 0.3) is 0 Å². The maximum Gasteiger partial charge on any atom is 0.0195 e. The maximum atomic E-state index is 3.69. The summed E-state index contributed by atoms with van der Waals surface area (Å²) in [6.07, 6.45) is 3.95. The number of nitrogens with one attached hydrogen (secondary N) is 1. The van der Waals surface area contributed by atoms with E-state index in [9.17, 15) is 0 Å². The molecule has 0 saturated carbocycles. The van der Waals surface area contributed by atoms with Crippen molar-refractivity contribution in [3.05, 3.63) is 0 Å². The first-order valence-corrected chi connectivity index (χ1v) is 7.94. The second-order valence-corrected chi connectivity index (χ2v) is 6.70. The van der Waals surface area contributed by atoms with Crippen molar-refractivity contribution < 1.29 is 0 Å². The molecule has 0 spiro atoms. The van der Waals surface area contributed by atoms with E-state index in [1.165, 1.54) is 25.8 Å². The molecule has 1 heterocycles. The van der Waals surface area contributed by atoms with Gasteiger partial charge in [0.25, 0.3) is 0 Å². The molecule has 1 N–H and O–H groups in total. The monoisotopic (exact) mass is 254 g/mol. The Labute approximate surface area is 115 Å². The first-order chi connectivity index (χ1) is 8.45. The van der Waals surface area contributed by atoms with Gasteiger partial charge in [0.2, 0.25) is 0 Å². The predicted octanol–water partition coefficient (Wildman–Crippen LogP) is 3.52. The Morgan fingerprint density at radius 2 is 1.89 bits per heavy atom. The maximum absolute atomic E-state index is 3.69. The van der Waals surface area contributed by atoms with Crippen molar-refractivity contribution in [1.29, 1.82) is 0 Å². The molecule has 0 bridgehead atoms. The van der Waals surface area contributed by atoms with Crippen molar-refractivity contribution >= 4 is 0 Å². The van der Waals surface area contributed by atoms with Crippen LogP contribution in [0.5, 0.6) is 0 Å². The van der Waals surface area contributed by atoms with E-state index in [4.69, 9.17) is 0 Å². The Hall–Kier alpha value is -0.0800. The zero-order chi connectivity index (χ0) is 13.7. The van der Waals surface area contributed by atoms with E-state index in [2.05, 4.69) is 51.8 Å². The smallest absolute Gasteiger partial charge is 0.0195 e. The molecule has 5 atom stereocenters. The van der Waals surface area contributed by atoms with Crippen molar-refractivity contribution in [3.63, 3.8) is 0 Å². The molecule has 5 unspecified atom stereocenters. The molecule has 1 fully saturated rings. The molecule has 0 aliphatic carbocycles. The fourth-order valence-electron chi connectivity index (χ4n) is 3.36. The fourth-order valence-corrected chi connectivity index (χ4v) is 3.36. The van der Waals surface area contributed by atoms with Gasteiger partial charge in [0.15, 0.2) is 0 Å². The highest BCUT2D eigenvalue weighted by Gasteiger charge is 2.31. The average molecular weight is 254 g/mol. The third-order valence-electron chi connectivity index (χ3n) is 4.69. The summed E-state index contributed by atoms with van der Waals surface area (Å²) in [4.78, 5) is 2.71. The van der Waals surface area contributed by atoms with Crippen LogP contribution in [0.4, 0.5) is 0 Å². The van der Waals surface area contributed by atoms with Crippen LogP contribution in [0.15, 0.2) is 0 Å². The summed E-state index contributed by atoms with van der Waals surface area (Å²) >= 11 is 0. The molecule has 0 aromatic heterocycles. The minimum Gasteiger partial charge on any atom is -0.313 e. The zero-order valence-electron chi connectivity index (χ0n) is 13.4. The second-order valence-electron chi connectivity index (χ2n) is 6.70. The second kappa shape index (κ2) is 7.49. The number of piperidine rings is 1. The van der Waals surface area contributed by atoms with E-state index < -0.39 is 0 Å². The predicted molar refractivity (Wildman–Crippen MR) is 80.9 cm³/mol. The van der Waals surface area contributed by atoms with Crippen molar-refractivity contribution in [2.24, 2.45) is 11.8 Å². The van der Waals surface area contributed by atoms with Gasteiger partial charge < -0.3 is 5.32 Å². The lowest BCUT2D eigenvalue weighted by Crippen LogP contribution is -2.53. The van der Waals surface area contributed by atoms with Crippen LogP contribution in [0, 0.1) is 11.8 Å². The standard InChI is InChI=1S/C16H34N2/c1-7-8-14(4)17-10-15(5)18-11-12(2)9-13(3)16(18)6/h12-17H,7-11H2,1-6H3. The normalized spacial score (nSPS) is 33.3. The molecule has 2 heteroatoms. The van der Waals surface area contributed by atoms with Gasteiger partial charge in [0, 0.05) is 31.2 Å². The van der Waals surface area contributed by atoms with Crippen LogP contribution in [0.3, 0.4) is 0 Å². The number of nitrogens with zero attached hydrogens (tertiary/aromatic N) is 1. The summed E-state index contributed by atoms with van der Waals surface area (Å²) in [6.45, 7) is 16.6. The summed E-state index contributed by atoms with van der Waals surface area (Å²) in [5.41, 5.74) is 0. The largest absolute Gasteiger partial charge is 0.313 e. The highest BCUT2D eigenvalue weighted by molar-refractivity contribution is 4.86. The molecule has 0 aromatic carbocycles. The number of rotatable bonds is 6. The molecule has 1 aliphatic rings. The fraction of sp³-hybridized carbons (Fsp3) is 1.00. The van der Waals surface area contributed by atoms with Crippen LogP contribution in [0.1, 0.15) is 60.8 Å². The third-order valence-corrected chi connectivity index (χ3v) is 4.69. The van der Waals surface area contributed by atoms with Gasteiger partial charge in [0.1, 0.15) is 0 Å². The lowest BCUT2D eigenvalue weighted by atomic mass is 9.85. The first-order valence-electron chi connectivity index (χ1n) is 7.94. The first kappa shape index (κ1) is 16.0. The highest BCUT2D eigenvalue weighted by Crippen LogP contribution is 2.28. The van der Waals surface area contributed by atoms with Gasteiger partial charge in [-0.25, -0.2) is 0 Å². The number of likely N-dealkylation sites (tertiary alicyclic amines) is 1. The van der Waals surface area contributed by atoms with Crippen LogP contribution in [0.2, 0.25) is 0 Å². The van der Waals surface area contributed by atoms with Crippen LogP contribution in [-0.2, 0) is 0 Å². The lowest BCUT2D eigenvalue weighted by molar-refractivity contribution is 0.0457. The molecule has 0 aromatic rings. The molecular weight excluding hydrogens is 220 g/mol. The van der Waals surface area contributed by atoms with E-state index in [0.717, 1.165) is 24.4 Å². The van der Waals surface area contributed by atoms with Gasteiger partial charge >= 0.3 is 0 Å².